The van der Waals surface area contributed by atoms with Crippen LogP contribution in [0.2, 0.25) is 0 Å². The lowest BCUT2D eigenvalue weighted by atomic mass is 10.2. The topological polar surface area (TPSA) is 72.4 Å². The first-order valence-electron chi connectivity index (χ1n) is 7.57. The van der Waals surface area contributed by atoms with Gasteiger partial charge in [-0.25, -0.2) is 5.43 Å². The molecule has 0 bridgehead atoms. The van der Waals surface area contributed by atoms with Gasteiger partial charge in [0.1, 0.15) is 0 Å². The van der Waals surface area contributed by atoms with E-state index < -0.39 is 0 Å². The van der Waals surface area contributed by atoms with E-state index in [9.17, 15) is 4.79 Å². The highest BCUT2D eigenvalue weighted by atomic mass is 16.5. The minimum Gasteiger partial charge on any atom is -0.493 e. The van der Waals surface area contributed by atoms with E-state index in [0.29, 0.717) is 17.9 Å². The molecule has 1 aliphatic heterocycles. The summed E-state index contributed by atoms with van der Waals surface area (Å²) in [6.45, 7) is 3.95. The summed E-state index contributed by atoms with van der Waals surface area (Å²) in [7, 11) is 3.16. The van der Waals surface area contributed by atoms with Crippen molar-refractivity contribution in [1.82, 2.24) is 10.3 Å². The van der Waals surface area contributed by atoms with Crippen LogP contribution >= 0.6 is 0 Å². The molecular formula is C16H23N3O4. The van der Waals surface area contributed by atoms with Gasteiger partial charge >= 0.3 is 0 Å². The molecule has 2 rings (SSSR count). The van der Waals surface area contributed by atoms with E-state index in [1.165, 1.54) is 0 Å². The SMILES string of the molecule is COc1ccc(/C=N\NC(=O)CCN2CCOCC2)cc1OC. The van der Waals surface area contributed by atoms with Crippen LogP contribution in [0.3, 0.4) is 0 Å². The van der Waals surface area contributed by atoms with Gasteiger partial charge in [0.05, 0.1) is 33.6 Å². The molecule has 1 aromatic rings. The van der Waals surface area contributed by atoms with Gasteiger partial charge in [-0.15, -0.1) is 0 Å². The largest absolute Gasteiger partial charge is 0.493 e. The molecule has 1 amide bonds. The Labute approximate surface area is 136 Å². The standard InChI is InChI=1S/C16H23N3O4/c1-21-14-4-3-13(11-15(14)22-2)12-17-18-16(20)5-6-19-7-9-23-10-8-19/h3-4,11-12H,5-10H2,1-2H3,(H,18,20)/b17-12-. The van der Waals surface area contributed by atoms with Crippen molar-refractivity contribution in [2.24, 2.45) is 5.10 Å². The van der Waals surface area contributed by atoms with E-state index in [-0.39, 0.29) is 5.91 Å². The van der Waals surface area contributed by atoms with E-state index in [2.05, 4.69) is 15.4 Å². The molecular weight excluding hydrogens is 298 g/mol. The molecule has 1 fully saturated rings. The van der Waals surface area contributed by atoms with Gasteiger partial charge in [0.15, 0.2) is 11.5 Å². The van der Waals surface area contributed by atoms with Crippen LogP contribution in [0, 0.1) is 0 Å². The summed E-state index contributed by atoms with van der Waals surface area (Å²) in [5.41, 5.74) is 3.35. The van der Waals surface area contributed by atoms with Crippen molar-refractivity contribution in [3.8, 4) is 11.5 Å². The molecule has 1 aromatic carbocycles. The minimum absolute atomic E-state index is 0.104. The number of hydrogen-bond donors (Lipinski definition) is 1. The van der Waals surface area contributed by atoms with Gasteiger partial charge in [-0.2, -0.15) is 5.10 Å². The summed E-state index contributed by atoms with van der Waals surface area (Å²) in [6, 6.07) is 5.42. The zero-order valence-electron chi connectivity index (χ0n) is 13.6. The van der Waals surface area contributed by atoms with Crippen LogP contribution in [0.25, 0.3) is 0 Å². The van der Waals surface area contributed by atoms with Crippen molar-refractivity contribution in [1.29, 1.82) is 0 Å². The predicted octanol–water partition coefficient (Wildman–Crippen LogP) is 0.876. The third kappa shape index (κ3) is 5.54. The zero-order chi connectivity index (χ0) is 16.5. The molecule has 1 heterocycles. The first-order valence-corrected chi connectivity index (χ1v) is 7.57. The van der Waals surface area contributed by atoms with Crippen molar-refractivity contribution in [2.75, 3.05) is 47.1 Å². The molecule has 0 aromatic heterocycles. The highest BCUT2D eigenvalue weighted by Crippen LogP contribution is 2.26. The van der Waals surface area contributed by atoms with Crippen molar-refractivity contribution in [2.45, 2.75) is 6.42 Å². The number of hydrogen-bond acceptors (Lipinski definition) is 6. The van der Waals surface area contributed by atoms with Crippen LogP contribution in [-0.4, -0.2) is 64.1 Å². The second-order valence-corrected chi connectivity index (χ2v) is 5.11. The minimum atomic E-state index is -0.104. The first-order chi connectivity index (χ1) is 11.2. The van der Waals surface area contributed by atoms with Gasteiger partial charge in [0.2, 0.25) is 5.91 Å². The molecule has 0 unspecified atom stereocenters. The Balaban J connectivity index is 1.77. The lowest BCUT2D eigenvalue weighted by molar-refractivity contribution is -0.121. The summed E-state index contributed by atoms with van der Waals surface area (Å²) >= 11 is 0. The summed E-state index contributed by atoms with van der Waals surface area (Å²) in [6.07, 6.45) is 2.00. The molecule has 7 heteroatoms. The Morgan fingerprint density at radius 3 is 2.74 bits per heavy atom. The Bertz CT molecular complexity index is 542. The average Bonchev–Trinajstić information content (AvgIpc) is 2.60. The zero-order valence-corrected chi connectivity index (χ0v) is 13.6. The van der Waals surface area contributed by atoms with E-state index in [1.807, 2.05) is 6.07 Å². The summed E-state index contributed by atoms with van der Waals surface area (Å²) in [5.74, 6) is 1.17. The number of morpholine rings is 1. The molecule has 0 radical (unpaired) electrons. The quantitative estimate of drug-likeness (QED) is 0.596. The smallest absolute Gasteiger partial charge is 0.241 e. The molecule has 7 nitrogen and oxygen atoms in total. The number of carbonyl (C=O) groups is 1. The maximum Gasteiger partial charge on any atom is 0.241 e. The molecule has 1 N–H and O–H groups in total. The van der Waals surface area contributed by atoms with Crippen LogP contribution < -0.4 is 14.9 Å². The average molecular weight is 321 g/mol. The number of nitrogens with one attached hydrogen (secondary N) is 1. The fourth-order valence-electron chi connectivity index (χ4n) is 2.25. The van der Waals surface area contributed by atoms with E-state index in [0.717, 1.165) is 38.4 Å². The first kappa shape index (κ1) is 17.2. The molecule has 0 atom stereocenters. The summed E-state index contributed by atoms with van der Waals surface area (Å²) < 4.78 is 15.7. The number of methoxy groups -OCH3 is 2. The predicted molar refractivity (Wildman–Crippen MR) is 87.2 cm³/mol. The number of benzene rings is 1. The number of rotatable bonds is 7. The molecule has 0 spiro atoms. The van der Waals surface area contributed by atoms with Gasteiger partial charge in [-0.1, -0.05) is 0 Å². The molecule has 23 heavy (non-hydrogen) atoms. The van der Waals surface area contributed by atoms with Crippen LogP contribution in [-0.2, 0) is 9.53 Å². The van der Waals surface area contributed by atoms with Gasteiger partial charge < -0.3 is 14.2 Å². The lowest BCUT2D eigenvalue weighted by Gasteiger charge is -2.25. The fourth-order valence-corrected chi connectivity index (χ4v) is 2.25. The summed E-state index contributed by atoms with van der Waals surface area (Å²) in [5, 5.41) is 3.97. The van der Waals surface area contributed by atoms with Crippen molar-refractivity contribution in [3.05, 3.63) is 23.8 Å². The Morgan fingerprint density at radius 2 is 2.04 bits per heavy atom. The Hall–Kier alpha value is -2.12. The van der Waals surface area contributed by atoms with Crippen molar-refractivity contribution >= 4 is 12.1 Å². The van der Waals surface area contributed by atoms with E-state index in [1.54, 1.807) is 32.6 Å². The Kier molecular flexibility index (Phi) is 6.83. The van der Waals surface area contributed by atoms with Crippen LogP contribution in [0.4, 0.5) is 0 Å². The Morgan fingerprint density at radius 1 is 1.30 bits per heavy atom. The van der Waals surface area contributed by atoms with Gasteiger partial charge in [-0.3, -0.25) is 9.69 Å². The molecule has 126 valence electrons. The second-order valence-electron chi connectivity index (χ2n) is 5.11. The van der Waals surface area contributed by atoms with Crippen LogP contribution in [0.15, 0.2) is 23.3 Å². The normalized spacial score (nSPS) is 15.6. The fraction of sp³-hybridized carbons (Fsp3) is 0.500. The van der Waals surface area contributed by atoms with Crippen LogP contribution in [0.5, 0.6) is 11.5 Å². The highest BCUT2D eigenvalue weighted by molar-refractivity contribution is 5.83. The lowest BCUT2D eigenvalue weighted by Crippen LogP contribution is -2.38. The highest BCUT2D eigenvalue weighted by Gasteiger charge is 2.11. The third-order valence-electron chi connectivity index (χ3n) is 3.57. The number of nitrogens with zero attached hydrogens (tertiary/aromatic N) is 2. The molecule has 0 aliphatic carbocycles. The maximum atomic E-state index is 11.8. The van der Waals surface area contributed by atoms with Gasteiger partial charge in [-0.05, 0) is 23.8 Å². The maximum absolute atomic E-state index is 11.8. The third-order valence-corrected chi connectivity index (χ3v) is 3.57. The van der Waals surface area contributed by atoms with Gasteiger partial charge in [0, 0.05) is 26.1 Å². The van der Waals surface area contributed by atoms with E-state index in [4.69, 9.17) is 14.2 Å². The van der Waals surface area contributed by atoms with Crippen molar-refractivity contribution in [3.63, 3.8) is 0 Å². The van der Waals surface area contributed by atoms with Crippen molar-refractivity contribution < 1.29 is 19.0 Å². The van der Waals surface area contributed by atoms with Gasteiger partial charge in [0.25, 0.3) is 0 Å². The number of ether oxygens (including phenoxy) is 3. The number of hydrazone groups is 1. The van der Waals surface area contributed by atoms with E-state index >= 15 is 0 Å². The number of carbonyl (C=O) groups excluding carboxylic acids is 1. The molecule has 1 saturated heterocycles. The number of amides is 1. The monoisotopic (exact) mass is 321 g/mol. The summed E-state index contributed by atoms with van der Waals surface area (Å²) in [4.78, 5) is 14.0. The van der Waals surface area contributed by atoms with Crippen LogP contribution in [0.1, 0.15) is 12.0 Å². The molecule has 0 saturated carbocycles. The molecule has 1 aliphatic rings. The second kappa shape index (κ2) is 9.12.